The number of piperidine rings is 1. The summed E-state index contributed by atoms with van der Waals surface area (Å²) in [5.74, 6) is -0.248. The molecular weight excluding hydrogens is 315 g/mol. The molecule has 1 N–H and O–H groups in total. The number of nitrogens with zero attached hydrogens (tertiary/aromatic N) is 1. The molecule has 23 heavy (non-hydrogen) atoms. The molecule has 0 atom stereocenters. The predicted molar refractivity (Wildman–Crippen MR) is 90.4 cm³/mol. The molecule has 0 aromatic heterocycles. The molecular formula is C18H18ClFN2O. The maximum absolute atomic E-state index is 13.7. The van der Waals surface area contributed by atoms with Crippen LogP contribution < -0.4 is 5.32 Å². The maximum Gasteiger partial charge on any atom is 0.253 e. The third kappa shape index (κ3) is 3.82. The molecule has 120 valence electrons. The molecule has 1 heterocycles. The Morgan fingerprint density at radius 2 is 1.87 bits per heavy atom. The average Bonchev–Trinajstić information content (AvgIpc) is 2.57. The highest BCUT2D eigenvalue weighted by Crippen LogP contribution is 2.21. The standard InChI is InChI=1S/C18H18ClFN2O/c19-14-5-3-4-13(12-14)18(23)22-10-8-15(9-11-22)21-17-7-2-1-6-16(17)20/h1-7,12,15,21H,8-11H2. The Hall–Kier alpha value is -2.07. The van der Waals surface area contributed by atoms with Crippen LogP contribution in [0.1, 0.15) is 23.2 Å². The fourth-order valence-electron chi connectivity index (χ4n) is 2.83. The lowest BCUT2D eigenvalue weighted by Gasteiger charge is -2.33. The Morgan fingerprint density at radius 1 is 1.13 bits per heavy atom. The molecule has 2 aromatic carbocycles. The second kappa shape index (κ2) is 7.01. The monoisotopic (exact) mass is 332 g/mol. The number of likely N-dealkylation sites (tertiary alicyclic amines) is 1. The number of nitrogens with one attached hydrogen (secondary N) is 1. The van der Waals surface area contributed by atoms with Crippen LogP contribution in [0.5, 0.6) is 0 Å². The van der Waals surface area contributed by atoms with E-state index in [1.807, 2.05) is 11.0 Å². The second-order valence-corrected chi connectivity index (χ2v) is 6.14. The molecule has 1 aliphatic heterocycles. The molecule has 0 aliphatic carbocycles. The summed E-state index contributed by atoms with van der Waals surface area (Å²) in [6.07, 6.45) is 1.58. The number of carbonyl (C=O) groups excluding carboxylic acids is 1. The van der Waals surface area contributed by atoms with Crippen molar-refractivity contribution in [2.24, 2.45) is 0 Å². The second-order valence-electron chi connectivity index (χ2n) is 5.70. The number of amides is 1. The molecule has 1 amide bonds. The van der Waals surface area contributed by atoms with E-state index in [2.05, 4.69) is 5.32 Å². The summed E-state index contributed by atoms with van der Waals surface area (Å²) in [7, 11) is 0. The Labute approximate surface area is 140 Å². The van der Waals surface area contributed by atoms with Crippen LogP contribution in [-0.2, 0) is 0 Å². The number of rotatable bonds is 3. The first-order valence-electron chi connectivity index (χ1n) is 7.69. The van der Waals surface area contributed by atoms with Crippen molar-refractivity contribution in [1.29, 1.82) is 0 Å². The SMILES string of the molecule is O=C(c1cccc(Cl)c1)N1CCC(Nc2ccccc2F)CC1. The predicted octanol–water partition coefficient (Wildman–Crippen LogP) is 4.20. The van der Waals surface area contributed by atoms with Crippen molar-refractivity contribution in [1.82, 2.24) is 4.90 Å². The lowest BCUT2D eigenvalue weighted by atomic mass is 10.0. The Morgan fingerprint density at radius 3 is 2.57 bits per heavy atom. The summed E-state index contributed by atoms with van der Waals surface area (Å²) in [5, 5.41) is 3.79. The molecule has 0 radical (unpaired) electrons. The molecule has 1 saturated heterocycles. The van der Waals surface area contributed by atoms with Gasteiger partial charge in [0.1, 0.15) is 5.82 Å². The van der Waals surface area contributed by atoms with E-state index in [4.69, 9.17) is 11.6 Å². The minimum absolute atomic E-state index is 0.00292. The van der Waals surface area contributed by atoms with Crippen LogP contribution in [0.2, 0.25) is 5.02 Å². The minimum atomic E-state index is -0.245. The molecule has 0 saturated carbocycles. The number of benzene rings is 2. The quantitative estimate of drug-likeness (QED) is 0.913. The zero-order valence-corrected chi connectivity index (χ0v) is 13.4. The van der Waals surface area contributed by atoms with Crippen molar-refractivity contribution in [2.45, 2.75) is 18.9 Å². The first-order chi connectivity index (χ1) is 11.1. The summed E-state index contributed by atoms with van der Waals surface area (Å²) in [5.41, 5.74) is 1.13. The average molecular weight is 333 g/mol. The summed E-state index contributed by atoms with van der Waals surface area (Å²) in [6, 6.07) is 13.8. The van der Waals surface area contributed by atoms with Gasteiger partial charge in [-0.15, -0.1) is 0 Å². The van der Waals surface area contributed by atoms with Gasteiger partial charge in [-0.05, 0) is 43.2 Å². The lowest BCUT2D eigenvalue weighted by molar-refractivity contribution is 0.0718. The van der Waals surface area contributed by atoms with Crippen LogP contribution >= 0.6 is 11.6 Å². The zero-order valence-electron chi connectivity index (χ0n) is 12.6. The van der Waals surface area contributed by atoms with Gasteiger partial charge in [-0.3, -0.25) is 4.79 Å². The molecule has 1 aliphatic rings. The number of para-hydroxylation sites is 1. The van der Waals surface area contributed by atoms with E-state index >= 15 is 0 Å². The molecule has 0 bridgehead atoms. The molecule has 3 rings (SSSR count). The summed E-state index contributed by atoms with van der Waals surface area (Å²) >= 11 is 5.94. The number of halogens is 2. The van der Waals surface area contributed by atoms with Crippen molar-refractivity contribution < 1.29 is 9.18 Å². The molecule has 1 fully saturated rings. The van der Waals surface area contributed by atoms with E-state index in [1.165, 1.54) is 6.07 Å². The van der Waals surface area contributed by atoms with Gasteiger partial charge in [0.15, 0.2) is 0 Å². The smallest absolute Gasteiger partial charge is 0.253 e. The van der Waals surface area contributed by atoms with Crippen molar-refractivity contribution >= 4 is 23.2 Å². The van der Waals surface area contributed by atoms with Gasteiger partial charge in [0, 0.05) is 29.7 Å². The highest BCUT2D eigenvalue weighted by atomic mass is 35.5. The van der Waals surface area contributed by atoms with E-state index in [-0.39, 0.29) is 17.8 Å². The molecule has 2 aromatic rings. The highest BCUT2D eigenvalue weighted by Gasteiger charge is 2.24. The zero-order chi connectivity index (χ0) is 16.2. The van der Waals surface area contributed by atoms with Crippen LogP contribution in [-0.4, -0.2) is 29.9 Å². The van der Waals surface area contributed by atoms with E-state index in [0.29, 0.717) is 29.4 Å². The fraction of sp³-hybridized carbons (Fsp3) is 0.278. The largest absolute Gasteiger partial charge is 0.380 e. The van der Waals surface area contributed by atoms with Gasteiger partial charge in [-0.25, -0.2) is 4.39 Å². The number of hydrogen-bond acceptors (Lipinski definition) is 2. The third-order valence-corrected chi connectivity index (χ3v) is 4.32. The van der Waals surface area contributed by atoms with Crippen LogP contribution in [0.15, 0.2) is 48.5 Å². The van der Waals surface area contributed by atoms with Gasteiger partial charge in [0.2, 0.25) is 0 Å². The molecule has 0 spiro atoms. The van der Waals surface area contributed by atoms with Gasteiger partial charge >= 0.3 is 0 Å². The van der Waals surface area contributed by atoms with E-state index in [9.17, 15) is 9.18 Å². The number of anilines is 1. The first kappa shape index (κ1) is 15.8. The summed E-state index contributed by atoms with van der Waals surface area (Å²) in [6.45, 7) is 1.30. The summed E-state index contributed by atoms with van der Waals surface area (Å²) in [4.78, 5) is 14.3. The highest BCUT2D eigenvalue weighted by molar-refractivity contribution is 6.30. The Kier molecular flexibility index (Phi) is 4.82. The van der Waals surface area contributed by atoms with E-state index in [0.717, 1.165) is 12.8 Å². The van der Waals surface area contributed by atoms with Gasteiger partial charge in [0.05, 0.1) is 5.69 Å². The molecule has 5 heteroatoms. The number of carbonyl (C=O) groups is 1. The van der Waals surface area contributed by atoms with Crippen molar-refractivity contribution in [2.75, 3.05) is 18.4 Å². The van der Waals surface area contributed by atoms with Crippen LogP contribution in [0.3, 0.4) is 0 Å². The molecule has 3 nitrogen and oxygen atoms in total. The van der Waals surface area contributed by atoms with Crippen LogP contribution in [0.4, 0.5) is 10.1 Å². The van der Waals surface area contributed by atoms with E-state index < -0.39 is 0 Å². The Bertz CT molecular complexity index is 699. The lowest BCUT2D eigenvalue weighted by Crippen LogP contribution is -2.42. The van der Waals surface area contributed by atoms with Gasteiger partial charge in [-0.2, -0.15) is 0 Å². The third-order valence-electron chi connectivity index (χ3n) is 4.09. The van der Waals surface area contributed by atoms with Crippen molar-refractivity contribution in [3.63, 3.8) is 0 Å². The Balaban J connectivity index is 1.58. The first-order valence-corrected chi connectivity index (χ1v) is 8.07. The van der Waals surface area contributed by atoms with Gasteiger partial charge < -0.3 is 10.2 Å². The van der Waals surface area contributed by atoms with Crippen molar-refractivity contribution in [3.8, 4) is 0 Å². The van der Waals surface area contributed by atoms with Crippen LogP contribution in [0, 0.1) is 5.82 Å². The van der Waals surface area contributed by atoms with Crippen LogP contribution in [0.25, 0.3) is 0 Å². The fourth-order valence-corrected chi connectivity index (χ4v) is 3.02. The minimum Gasteiger partial charge on any atom is -0.380 e. The van der Waals surface area contributed by atoms with Gasteiger partial charge in [0.25, 0.3) is 5.91 Å². The molecule has 0 unspecified atom stereocenters. The van der Waals surface area contributed by atoms with Crippen molar-refractivity contribution in [3.05, 3.63) is 64.9 Å². The summed E-state index contributed by atoms with van der Waals surface area (Å²) < 4.78 is 13.7. The topological polar surface area (TPSA) is 32.3 Å². The number of hydrogen-bond donors (Lipinski definition) is 1. The maximum atomic E-state index is 13.7. The van der Waals surface area contributed by atoms with E-state index in [1.54, 1.807) is 36.4 Å². The van der Waals surface area contributed by atoms with Gasteiger partial charge in [-0.1, -0.05) is 29.8 Å². The normalized spacial score (nSPS) is 15.5.